The summed E-state index contributed by atoms with van der Waals surface area (Å²) in [6, 6.07) is 12.6. The second-order valence-electron chi connectivity index (χ2n) is 6.64. The standard InChI is InChI=1S/C20H26N2O4S/c1-15-12-18(13-19(16(15)2)27(25,26)21(3)4)20(24)22(10-11-23)14-17-8-6-5-7-9-17/h5-9,12-13,23H,10-11,14H2,1-4H3. The van der Waals surface area contributed by atoms with Crippen LogP contribution in [0.15, 0.2) is 47.4 Å². The molecule has 6 nitrogen and oxygen atoms in total. The monoisotopic (exact) mass is 390 g/mol. The molecule has 0 heterocycles. The zero-order valence-corrected chi connectivity index (χ0v) is 17.0. The van der Waals surface area contributed by atoms with Crippen molar-refractivity contribution in [3.63, 3.8) is 0 Å². The highest BCUT2D eigenvalue weighted by atomic mass is 32.2. The number of amides is 1. The molecular weight excluding hydrogens is 364 g/mol. The minimum atomic E-state index is -3.67. The second kappa shape index (κ2) is 8.65. The van der Waals surface area contributed by atoms with Crippen LogP contribution in [0.5, 0.6) is 0 Å². The van der Waals surface area contributed by atoms with Gasteiger partial charge in [0.2, 0.25) is 10.0 Å². The van der Waals surface area contributed by atoms with E-state index in [9.17, 15) is 18.3 Å². The van der Waals surface area contributed by atoms with Crippen molar-refractivity contribution in [1.82, 2.24) is 9.21 Å². The van der Waals surface area contributed by atoms with Crippen LogP contribution in [0.4, 0.5) is 0 Å². The zero-order chi connectivity index (χ0) is 20.2. The Morgan fingerprint density at radius 1 is 1.07 bits per heavy atom. The van der Waals surface area contributed by atoms with Gasteiger partial charge in [-0.1, -0.05) is 30.3 Å². The second-order valence-corrected chi connectivity index (χ2v) is 8.76. The lowest BCUT2D eigenvalue weighted by atomic mass is 10.0. The van der Waals surface area contributed by atoms with Crippen LogP contribution in [0.1, 0.15) is 27.0 Å². The summed E-state index contributed by atoms with van der Waals surface area (Å²) in [5.41, 5.74) is 2.58. The average molecular weight is 391 g/mol. The molecule has 7 heteroatoms. The van der Waals surface area contributed by atoms with Crippen molar-refractivity contribution in [2.75, 3.05) is 27.2 Å². The molecule has 1 amide bonds. The van der Waals surface area contributed by atoms with Gasteiger partial charge < -0.3 is 10.0 Å². The molecular formula is C20H26N2O4S. The number of aryl methyl sites for hydroxylation is 1. The van der Waals surface area contributed by atoms with E-state index < -0.39 is 10.0 Å². The molecule has 2 rings (SSSR count). The quantitative estimate of drug-likeness (QED) is 0.786. The molecule has 0 aliphatic heterocycles. The summed E-state index contributed by atoms with van der Waals surface area (Å²) in [5, 5.41) is 9.37. The van der Waals surface area contributed by atoms with Gasteiger partial charge in [-0.3, -0.25) is 4.79 Å². The Bertz CT molecular complexity index is 909. The molecule has 27 heavy (non-hydrogen) atoms. The van der Waals surface area contributed by atoms with Crippen molar-refractivity contribution in [1.29, 1.82) is 0 Å². The van der Waals surface area contributed by atoms with Gasteiger partial charge in [0.05, 0.1) is 11.5 Å². The van der Waals surface area contributed by atoms with Gasteiger partial charge in [-0.25, -0.2) is 12.7 Å². The lowest BCUT2D eigenvalue weighted by Gasteiger charge is -2.23. The summed E-state index contributed by atoms with van der Waals surface area (Å²) in [7, 11) is -0.741. The van der Waals surface area contributed by atoms with Crippen LogP contribution in [0, 0.1) is 13.8 Å². The summed E-state index contributed by atoms with van der Waals surface area (Å²) < 4.78 is 26.4. The first-order chi connectivity index (χ1) is 12.7. The molecule has 2 aromatic rings. The molecule has 0 aliphatic carbocycles. The van der Waals surface area contributed by atoms with Crippen LogP contribution in [0.3, 0.4) is 0 Å². The number of hydrogen-bond donors (Lipinski definition) is 1. The molecule has 2 aromatic carbocycles. The number of carbonyl (C=O) groups excluding carboxylic acids is 1. The van der Waals surface area contributed by atoms with Gasteiger partial charge >= 0.3 is 0 Å². The summed E-state index contributed by atoms with van der Waals surface area (Å²) in [6.45, 7) is 3.84. The predicted octanol–water partition coefficient (Wildman–Crippen LogP) is 2.19. The fraction of sp³-hybridized carbons (Fsp3) is 0.350. The summed E-state index contributed by atoms with van der Waals surface area (Å²) in [4.78, 5) is 14.7. The van der Waals surface area contributed by atoms with Gasteiger partial charge in [-0.05, 0) is 42.7 Å². The largest absolute Gasteiger partial charge is 0.395 e. The van der Waals surface area contributed by atoms with Crippen molar-refractivity contribution in [3.8, 4) is 0 Å². The number of aliphatic hydroxyl groups is 1. The average Bonchev–Trinajstić information content (AvgIpc) is 2.63. The maximum atomic E-state index is 13.1. The number of aliphatic hydroxyl groups excluding tert-OH is 1. The van der Waals surface area contributed by atoms with Gasteiger partial charge in [0.15, 0.2) is 0 Å². The molecule has 0 saturated heterocycles. The fourth-order valence-corrected chi connectivity index (χ4v) is 3.99. The third kappa shape index (κ3) is 4.74. The number of rotatable bonds is 7. The van der Waals surface area contributed by atoms with E-state index in [0.29, 0.717) is 17.7 Å². The van der Waals surface area contributed by atoms with Crippen molar-refractivity contribution in [3.05, 3.63) is 64.7 Å². The molecule has 0 bridgehead atoms. The van der Waals surface area contributed by atoms with E-state index in [1.54, 1.807) is 19.9 Å². The van der Waals surface area contributed by atoms with Gasteiger partial charge in [-0.2, -0.15) is 0 Å². The molecule has 0 fully saturated rings. The number of sulfonamides is 1. The first-order valence-electron chi connectivity index (χ1n) is 8.66. The third-order valence-corrected chi connectivity index (χ3v) is 6.44. The Kier molecular flexibility index (Phi) is 6.75. The zero-order valence-electron chi connectivity index (χ0n) is 16.1. The predicted molar refractivity (Wildman–Crippen MR) is 105 cm³/mol. The van der Waals surface area contributed by atoms with E-state index in [1.807, 2.05) is 30.3 Å². The Labute approximate surface area is 161 Å². The van der Waals surface area contributed by atoms with Crippen LogP contribution in [-0.4, -0.2) is 55.9 Å². The van der Waals surface area contributed by atoms with Crippen LogP contribution < -0.4 is 0 Å². The molecule has 146 valence electrons. The Hall–Kier alpha value is -2.22. The third-order valence-electron chi connectivity index (χ3n) is 4.50. The number of nitrogens with zero attached hydrogens (tertiary/aromatic N) is 2. The van der Waals surface area contributed by atoms with Crippen molar-refractivity contribution in [2.45, 2.75) is 25.3 Å². The van der Waals surface area contributed by atoms with E-state index in [-0.39, 0.29) is 24.0 Å². The molecule has 0 spiro atoms. The van der Waals surface area contributed by atoms with Gasteiger partial charge in [-0.15, -0.1) is 0 Å². The smallest absolute Gasteiger partial charge is 0.254 e. The first-order valence-corrected chi connectivity index (χ1v) is 10.1. The minimum absolute atomic E-state index is 0.125. The van der Waals surface area contributed by atoms with Gasteiger partial charge in [0.1, 0.15) is 0 Å². The minimum Gasteiger partial charge on any atom is -0.395 e. The maximum Gasteiger partial charge on any atom is 0.254 e. The SMILES string of the molecule is Cc1cc(C(=O)N(CCO)Cc2ccccc2)cc(S(=O)(=O)N(C)C)c1C. The molecule has 0 saturated carbocycles. The summed E-state index contributed by atoms with van der Waals surface area (Å²) >= 11 is 0. The normalized spacial score (nSPS) is 11.6. The fourth-order valence-electron chi connectivity index (χ4n) is 2.77. The summed E-state index contributed by atoms with van der Waals surface area (Å²) in [5.74, 6) is -0.314. The molecule has 0 unspecified atom stereocenters. The highest BCUT2D eigenvalue weighted by Gasteiger charge is 2.24. The maximum absolute atomic E-state index is 13.1. The Balaban J connectivity index is 2.45. The molecule has 1 N–H and O–H groups in total. The number of hydrogen-bond acceptors (Lipinski definition) is 4. The topological polar surface area (TPSA) is 77.9 Å². The van der Waals surface area contributed by atoms with Gasteiger partial charge in [0, 0.05) is 32.7 Å². The van der Waals surface area contributed by atoms with E-state index in [1.165, 1.54) is 25.1 Å². The van der Waals surface area contributed by atoms with Crippen LogP contribution in [0.2, 0.25) is 0 Å². The van der Waals surface area contributed by atoms with Crippen LogP contribution in [0.25, 0.3) is 0 Å². The van der Waals surface area contributed by atoms with Crippen LogP contribution >= 0.6 is 0 Å². The Morgan fingerprint density at radius 3 is 2.26 bits per heavy atom. The van der Waals surface area contributed by atoms with E-state index in [2.05, 4.69) is 0 Å². The number of benzene rings is 2. The lowest BCUT2D eigenvalue weighted by Crippen LogP contribution is -2.33. The Morgan fingerprint density at radius 2 is 1.70 bits per heavy atom. The highest BCUT2D eigenvalue weighted by molar-refractivity contribution is 7.89. The van der Waals surface area contributed by atoms with E-state index in [4.69, 9.17) is 0 Å². The molecule has 0 aromatic heterocycles. The van der Waals surface area contributed by atoms with Crippen LogP contribution in [-0.2, 0) is 16.6 Å². The summed E-state index contributed by atoms with van der Waals surface area (Å²) in [6.07, 6.45) is 0. The van der Waals surface area contributed by atoms with E-state index >= 15 is 0 Å². The highest BCUT2D eigenvalue weighted by Crippen LogP contribution is 2.24. The van der Waals surface area contributed by atoms with Crippen molar-refractivity contribution < 1.29 is 18.3 Å². The first kappa shape index (κ1) is 21.1. The van der Waals surface area contributed by atoms with E-state index in [0.717, 1.165) is 15.4 Å². The number of carbonyl (C=O) groups is 1. The molecule has 0 atom stereocenters. The lowest BCUT2D eigenvalue weighted by molar-refractivity contribution is 0.0707. The van der Waals surface area contributed by atoms with Crippen molar-refractivity contribution in [2.24, 2.45) is 0 Å². The van der Waals surface area contributed by atoms with Gasteiger partial charge in [0.25, 0.3) is 5.91 Å². The molecule has 0 aliphatic rings. The molecule has 0 radical (unpaired) electrons. The van der Waals surface area contributed by atoms with Crippen molar-refractivity contribution >= 4 is 15.9 Å².